The first-order valence-electron chi connectivity index (χ1n) is 11.0. The van der Waals surface area contributed by atoms with Crippen LogP contribution < -0.4 is 4.74 Å². The summed E-state index contributed by atoms with van der Waals surface area (Å²) in [5, 5.41) is 0. The number of rotatable bonds is 6. The van der Waals surface area contributed by atoms with E-state index in [0.717, 1.165) is 30.9 Å². The molecule has 5 nitrogen and oxygen atoms in total. The zero-order chi connectivity index (χ0) is 20.3. The smallest absolute Gasteiger partial charge is 0.338 e. The highest BCUT2D eigenvalue weighted by molar-refractivity contribution is 6.17. The summed E-state index contributed by atoms with van der Waals surface area (Å²) in [6.07, 6.45) is 7.33. The summed E-state index contributed by atoms with van der Waals surface area (Å²) < 4.78 is 17.2. The Morgan fingerprint density at radius 3 is 2.86 bits per heavy atom. The van der Waals surface area contributed by atoms with Gasteiger partial charge in [-0.1, -0.05) is 0 Å². The molecule has 0 N–H and O–H groups in total. The quantitative estimate of drug-likeness (QED) is 0.503. The molecule has 0 radical (unpaired) electrons. The normalized spacial score (nSPS) is 26.7. The molecule has 0 aromatic heterocycles. The van der Waals surface area contributed by atoms with Crippen molar-refractivity contribution in [2.45, 2.75) is 63.5 Å². The van der Waals surface area contributed by atoms with E-state index in [4.69, 9.17) is 25.8 Å². The predicted octanol–water partition coefficient (Wildman–Crippen LogP) is 4.40. The van der Waals surface area contributed by atoms with Crippen LogP contribution in [-0.2, 0) is 15.4 Å². The molecule has 0 amide bonds. The molecule has 2 atom stereocenters. The fourth-order valence-corrected chi connectivity index (χ4v) is 5.48. The largest absolute Gasteiger partial charge is 0.489 e. The molecule has 1 aromatic rings. The summed E-state index contributed by atoms with van der Waals surface area (Å²) in [5.41, 5.74) is 1.75. The van der Waals surface area contributed by atoms with Crippen LogP contribution in [0.2, 0.25) is 0 Å². The van der Waals surface area contributed by atoms with Gasteiger partial charge in [-0.2, -0.15) is 0 Å². The highest BCUT2D eigenvalue weighted by Crippen LogP contribution is 2.42. The van der Waals surface area contributed by atoms with Crippen molar-refractivity contribution in [1.82, 2.24) is 4.90 Å². The number of hydrogen-bond donors (Lipinski definition) is 0. The van der Waals surface area contributed by atoms with E-state index in [1.807, 2.05) is 12.1 Å². The Bertz CT molecular complexity index is 719. The zero-order valence-corrected chi connectivity index (χ0v) is 18.1. The monoisotopic (exact) mass is 421 g/mol. The Labute approximate surface area is 178 Å². The summed E-state index contributed by atoms with van der Waals surface area (Å²) in [4.78, 5) is 14.8. The van der Waals surface area contributed by atoms with Crippen LogP contribution in [0.3, 0.4) is 0 Å². The standard InChI is InChI=1S/C23H32ClNO4/c1-2-28-22(26)19-7-6-18(14-17(19)15-24)29-21-5-3-4-20(21)25-11-8-23(16-25)9-12-27-13-10-23/h6-7,14,20-21H,2-5,8-13,15-16H2,1H3. The number of carbonyl (C=O) groups excluding carboxylic acids is 1. The Morgan fingerprint density at radius 2 is 2.10 bits per heavy atom. The van der Waals surface area contributed by atoms with Gasteiger partial charge in [0.2, 0.25) is 0 Å². The van der Waals surface area contributed by atoms with Crippen molar-refractivity contribution in [3.63, 3.8) is 0 Å². The number of carbonyl (C=O) groups is 1. The van der Waals surface area contributed by atoms with Gasteiger partial charge in [0.15, 0.2) is 0 Å². The molecule has 4 rings (SSSR count). The van der Waals surface area contributed by atoms with Gasteiger partial charge in [-0.3, -0.25) is 4.90 Å². The third kappa shape index (κ3) is 4.57. The molecule has 0 bridgehead atoms. The van der Waals surface area contributed by atoms with Crippen LogP contribution in [0, 0.1) is 5.41 Å². The minimum absolute atomic E-state index is 0.196. The Balaban J connectivity index is 1.43. The van der Waals surface area contributed by atoms with Crippen LogP contribution in [0.1, 0.15) is 61.4 Å². The minimum atomic E-state index is -0.327. The lowest BCUT2D eigenvalue weighted by atomic mass is 9.79. The van der Waals surface area contributed by atoms with Gasteiger partial charge in [-0.25, -0.2) is 4.79 Å². The maximum atomic E-state index is 12.1. The number of hydrogen-bond acceptors (Lipinski definition) is 5. The first-order chi connectivity index (χ1) is 14.1. The lowest BCUT2D eigenvalue weighted by molar-refractivity contribution is 0.0131. The first-order valence-corrected chi connectivity index (χ1v) is 11.5. The van der Waals surface area contributed by atoms with Gasteiger partial charge in [0, 0.05) is 31.7 Å². The second-order valence-electron chi connectivity index (χ2n) is 8.66. The molecule has 3 fully saturated rings. The SMILES string of the molecule is CCOC(=O)c1ccc(OC2CCCC2N2CCC3(CCOCC3)C2)cc1CCl. The fourth-order valence-electron chi connectivity index (χ4n) is 5.26. The lowest BCUT2D eigenvalue weighted by Gasteiger charge is -2.35. The average molecular weight is 422 g/mol. The Hall–Kier alpha value is -1.30. The number of esters is 1. The van der Waals surface area contributed by atoms with Crippen molar-refractivity contribution >= 4 is 17.6 Å². The van der Waals surface area contributed by atoms with Gasteiger partial charge in [0.05, 0.1) is 12.2 Å². The van der Waals surface area contributed by atoms with E-state index in [9.17, 15) is 4.79 Å². The van der Waals surface area contributed by atoms with Crippen LogP contribution >= 0.6 is 11.6 Å². The number of ether oxygens (including phenoxy) is 3. The topological polar surface area (TPSA) is 48.0 Å². The molecule has 2 saturated heterocycles. The summed E-state index contributed by atoms with van der Waals surface area (Å²) in [7, 11) is 0. The van der Waals surface area contributed by atoms with Crippen molar-refractivity contribution in [3.05, 3.63) is 29.3 Å². The van der Waals surface area contributed by atoms with E-state index in [0.29, 0.717) is 23.6 Å². The second kappa shape index (κ2) is 9.23. The molecule has 1 aliphatic carbocycles. The maximum absolute atomic E-state index is 12.1. The first kappa shape index (κ1) is 21.0. The summed E-state index contributed by atoms with van der Waals surface area (Å²) in [5.74, 6) is 0.730. The van der Waals surface area contributed by atoms with Crippen LogP contribution in [0.5, 0.6) is 5.75 Å². The molecule has 2 unspecified atom stereocenters. The van der Waals surface area contributed by atoms with Crippen molar-refractivity contribution in [2.75, 3.05) is 32.9 Å². The van der Waals surface area contributed by atoms with Gasteiger partial charge in [0.1, 0.15) is 11.9 Å². The molecule has 3 aliphatic rings. The molecular formula is C23H32ClNO4. The van der Waals surface area contributed by atoms with E-state index in [1.165, 1.54) is 45.2 Å². The predicted molar refractivity (Wildman–Crippen MR) is 113 cm³/mol. The van der Waals surface area contributed by atoms with E-state index in [1.54, 1.807) is 13.0 Å². The van der Waals surface area contributed by atoms with Gasteiger partial charge in [0.25, 0.3) is 0 Å². The summed E-state index contributed by atoms with van der Waals surface area (Å²) in [6.45, 7) is 6.32. The van der Waals surface area contributed by atoms with Gasteiger partial charge in [-0.15, -0.1) is 11.6 Å². The third-order valence-corrected chi connectivity index (χ3v) is 7.20. The van der Waals surface area contributed by atoms with Crippen LogP contribution in [0.25, 0.3) is 0 Å². The zero-order valence-electron chi connectivity index (χ0n) is 17.3. The van der Waals surface area contributed by atoms with E-state index in [-0.39, 0.29) is 18.0 Å². The van der Waals surface area contributed by atoms with Crippen LogP contribution in [-0.4, -0.2) is 55.9 Å². The van der Waals surface area contributed by atoms with Crippen molar-refractivity contribution in [3.8, 4) is 5.75 Å². The van der Waals surface area contributed by atoms with Gasteiger partial charge < -0.3 is 14.2 Å². The number of benzene rings is 1. The van der Waals surface area contributed by atoms with E-state index in [2.05, 4.69) is 4.90 Å². The maximum Gasteiger partial charge on any atom is 0.338 e. The highest BCUT2D eigenvalue weighted by Gasteiger charge is 2.44. The van der Waals surface area contributed by atoms with Gasteiger partial charge >= 0.3 is 5.97 Å². The molecular weight excluding hydrogens is 390 g/mol. The number of halogens is 1. The molecule has 2 heterocycles. The van der Waals surface area contributed by atoms with Crippen molar-refractivity contribution in [2.24, 2.45) is 5.41 Å². The van der Waals surface area contributed by atoms with Crippen LogP contribution in [0.4, 0.5) is 0 Å². The van der Waals surface area contributed by atoms with Crippen molar-refractivity contribution in [1.29, 1.82) is 0 Å². The molecule has 1 saturated carbocycles. The number of likely N-dealkylation sites (tertiary alicyclic amines) is 1. The molecule has 1 spiro atoms. The van der Waals surface area contributed by atoms with Gasteiger partial charge in [-0.05, 0) is 81.2 Å². The summed E-state index contributed by atoms with van der Waals surface area (Å²) >= 11 is 6.10. The van der Waals surface area contributed by atoms with E-state index >= 15 is 0 Å². The Kier molecular flexibility index (Phi) is 6.67. The third-order valence-electron chi connectivity index (χ3n) is 6.91. The summed E-state index contributed by atoms with van der Waals surface area (Å²) in [6, 6.07) is 6.03. The van der Waals surface area contributed by atoms with E-state index < -0.39 is 0 Å². The highest BCUT2D eigenvalue weighted by atomic mass is 35.5. The van der Waals surface area contributed by atoms with Crippen LogP contribution in [0.15, 0.2) is 18.2 Å². The second-order valence-corrected chi connectivity index (χ2v) is 8.93. The molecule has 1 aromatic carbocycles. The fraction of sp³-hybridized carbons (Fsp3) is 0.696. The number of alkyl halides is 1. The molecule has 6 heteroatoms. The molecule has 160 valence electrons. The lowest BCUT2D eigenvalue weighted by Crippen LogP contribution is -2.43. The molecule has 29 heavy (non-hydrogen) atoms. The van der Waals surface area contributed by atoms with Crippen molar-refractivity contribution < 1.29 is 19.0 Å². The average Bonchev–Trinajstić information content (AvgIpc) is 3.35. The Morgan fingerprint density at radius 1 is 1.28 bits per heavy atom. The molecule has 2 aliphatic heterocycles. The number of nitrogens with zero attached hydrogens (tertiary/aromatic N) is 1. The minimum Gasteiger partial charge on any atom is -0.489 e.